The molecular weight excluding hydrogens is 322 g/mol. The summed E-state index contributed by atoms with van der Waals surface area (Å²) in [6.07, 6.45) is 3.64. The Labute approximate surface area is 146 Å². The Kier molecular flexibility index (Phi) is 3.68. The molecule has 1 amide bonds. The van der Waals surface area contributed by atoms with Crippen LogP contribution >= 0.6 is 0 Å². The number of ether oxygens (including phenoxy) is 2. The van der Waals surface area contributed by atoms with Crippen LogP contribution in [0.4, 0.5) is 4.79 Å². The molecule has 4 rings (SSSR count). The van der Waals surface area contributed by atoms with Crippen molar-refractivity contribution in [3.8, 4) is 11.5 Å². The minimum absolute atomic E-state index is 0.105. The molecule has 1 aromatic rings. The van der Waals surface area contributed by atoms with Gasteiger partial charge in [0.15, 0.2) is 11.5 Å². The number of phenolic OH excluding ortho intramolecular Hbond substituents is 1. The standard InChI is InChI=1S/C19H23NO5/c1-11(2)24-18(23)20-8-7-19-6-5-13(21)9-15(19)25-17-14(22)4-3-12(10-20)16(17)19/h3-6,11,13,15,21-22H,7-10H2,1-2H3/t13?,15-,19?/m0/s1. The average Bonchev–Trinajstić information content (AvgIpc) is 2.78. The number of rotatable bonds is 1. The molecule has 2 aliphatic heterocycles. The van der Waals surface area contributed by atoms with Crippen LogP contribution in [0, 0.1) is 0 Å². The molecule has 2 heterocycles. The topological polar surface area (TPSA) is 79.2 Å². The van der Waals surface area contributed by atoms with Gasteiger partial charge in [-0.2, -0.15) is 0 Å². The number of hydrogen-bond donors (Lipinski definition) is 2. The molecule has 0 radical (unpaired) electrons. The highest BCUT2D eigenvalue weighted by Gasteiger charge is 2.53. The predicted octanol–water partition coefficient (Wildman–Crippen LogP) is 2.46. The van der Waals surface area contributed by atoms with Crippen molar-refractivity contribution in [2.24, 2.45) is 0 Å². The fourth-order valence-electron chi connectivity index (χ4n) is 4.22. The van der Waals surface area contributed by atoms with E-state index in [0.717, 1.165) is 11.1 Å². The van der Waals surface area contributed by atoms with E-state index in [1.165, 1.54) is 0 Å². The maximum Gasteiger partial charge on any atom is 0.410 e. The van der Waals surface area contributed by atoms with Crippen LogP contribution in [0.2, 0.25) is 0 Å². The molecule has 1 aliphatic carbocycles. The molecule has 0 saturated heterocycles. The van der Waals surface area contributed by atoms with Gasteiger partial charge in [-0.3, -0.25) is 0 Å². The van der Waals surface area contributed by atoms with Crippen LogP contribution < -0.4 is 4.74 Å². The molecule has 25 heavy (non-hydrogen) atoms. The number of phenols is 1. The molecule has 3 aliphatic rings. The summed E-state index contributed by atoms with van der Waals surface area (Å²) in [5, 5.41) is 20.3. The lowest BCUT2D eigenvalue weighted by Crippen LogP contribution is -2.43. The zero-order chi connectivity index (χ0) is 17.8. The van der Waals surface area contributed by atoms with Gasteiger partial charge >= 0.3 is 6.09 Å². The van der Waals surface area contributed by atoms with Crippen molar-refractivity contribution < 1.29 is 24.5 Å². The Morgan fingerprint density at radius 3 is 3.00 bits per heavy atom. The first-order valence-corrected chi connectivity index (χ1v) is 8.75. The zero-order valence-electron chi connectivity index (χ0n) is 14.4. The summed E-state index contributed by atoms with van der Waals surface area (Å²) in [5.74, 6) is 0.592. The number of carbonyl (C=O) groups is 1. The van der Waals surface area contributed by atoms with Gasteiger partial charge in [0.2, 0.25) is 0 Å². The summed E-state index contributed by atoms with van der Waals surface area (Å²) in [7, 11) is 0. The SMILES string of the molecule is CC(C)OC(=O)N1CCC23C=CC(O)C[C@@H]2Oc2c(O)ccc(c23)C1. The first-order chi connectivity index (χ1) is 11.9. The van der Waals surface area contributed by atoms with Gasteiger partial charge in [-0.25, -0.2) is 4.79 Å². The largest absolute Gasteiger partial charge is 0.504 e. The van der Waals surface area contributed by atoms with Gasteiger partial charge in [0, 0.05) is 25.1 Å². The molecule has 0 fully saturated rings. The number of aliphatic hydroxyl groups excluding tert-OH is 1. The first kappa shape index (κ1) is 16.3. The molecule has 1 spiro atoms. The van der Waals surface area contributed by atoms with Crippen molar-refractivity contribution in [2.45, 2.75) is 57.0 Å². The Morgan fingerprint density at radius 1 is 1.44 bits per heavy atom. The number of amides is 1. The average molecular weight is 345 g/mol. The molecular formula is C19H23NO5. The molecule has 0 saturated carbocycles. The van der Waals surface area contributed by atoms with Crippen molar-refractivity contribution in [1.29, 1.82) is 0 Å². The van der Waals surface area contributed by atoms with Crippen LogP contribution in [0.1, 0.15) is 37.8 Å². The van der Waals surface area contributed by atoms with Crippen LogP contribution in [-0.2, 0) is 16.7 Å². The number of aliphatic hydroxyl groups is 1. The van der Waals surface area contributed by atoms with Gasteiger partial charge in [0.25, 0.3) is 0 Å². The third-order valence-electron chi connectivity index (χ3n) is 5.35. The lowest BCUT2D eigenvalue weighted by molar-refractivity contribution is 0.0640. The Balaban J connectivity index is 1.78. The van der Waals surface area contributed by atoms with Gasteiger partial charge in [-0.1, -0.05) is 18.2 Å². The molecule has 6 heteroatoms. The smallest absolute Gasteiger partial charge is 0.410 e. The summed E-state index contributed by atoms with van der Waals surface area (Å²) < 4.78 is 11.4. The third kappa shape index (κ3) is 2.47. The van der Waals surface area contributed by atoms with Crippen molar-refractivity contribution in [1.82, 2.24) is 4.90 Å². The molecule has 6 nitrogen and oxygen atoms in total. The minimum atomic E-state index is -0.555. The number of hydrogen-bond acceptors (Lipinski definition) is 5. The van der Waals surface area contributed by atoms with E-state index in [2.05, 4.69) is 0 Å². The molecule has 1 aromatic carbocycles. The predicted molar refractivity (Wildman–Crippen MR) is 90.6 cm³/mol. The van der Waals surface area contributed by atoms with E-state index in [4.69, 9.17) is 9.47 Å². The highest BCUT2D eigenvalue weighted by molar-refractivity contribution is 5.69. The van der Waals surface area contributed by atoms with Gasteiger partial charge in [-0.15, -0.1) is 0 Å². The second-order valence-corrected chi connectivity index (χ2v) is 7.36. The first-order valence-electron chi connectivity index (χ1n) is 8.75. The Morgan fingerprint density at radius 2 is 2.24 bits per heavy atom. The van der Waals surface area contributed by atoms with E-state index in [0.29, 0.717) is 31.7 Å². The monoisotopic (exact) mass is 345 g/mol. The van der Waals surface area contributed by atoms with E-state index in [1.54, 1.807) is 17.0 Å². The van der Waals surface area contributed by atoms with Crippen molar-refractivity contribution in [3.63, 3.8) is 0 Å². The number of aromatic hydroxyl groups is 1. The van der Waals surface area contributed by atoms with Gasteiger partial charge < -0.3 is 24.6 Å². The highest BCUT2D eigenvalue weighted by Crippen LogP contribution is 2.55. The van der Waals surface area contributed by atoms with E-state index in [-0.39, 0.29) is 24.1 Å². The lowest BCUT2D eigenvalue weighted by atomic mass is 9.69. The summed E-state index contributed by atoms with van der Waals surface area (Å²) in [6, 6.07) is 3.46. The second-order valence-electron chi connectivity index (χ2n) is 7.36. The van der Waals surface area contributed by atoms with Crippen LogP contribution in [0.15, 0.2) is 24.3 Å². The number of carbonyl (C=O) groups excluding carboxylic acids is 1. The maximum absolute atomic E-state index is 12.4. The molecule has 3 atom stereocenters. The van der Waals surface area contributed by atoms with E-state index < -0.39 is 11.5 Å². The molecule has 0 aromatic heterocycles. The second kappa shape index (κ2) is 5.66. The van der Waals surface area contributed by atoms with Crippen molar-refractivity contribution in [2.75, 3.05) is 6.54 Å². The molecule has 0 bridgehead atoms. The minimum Gasteiger partial charge on any atom is -0.504 e. The summed E-state index contributed by atoms with van der Waals surface area (Å²) in [6.45, 7) is 4.61. The summed E-state index contributed by atoms with van der Waals surface area (Å²) >= 11 is 0. The number of nitrogens with zero attached hydrogens (tertiary/aromatic N) is 1. The van der Waals surface area contributed by atoms with Crippen molar-refractivity contribution >= 4 is 6.09 Å². The van der Waals surface area contributed by atoms with Crippen LogP contribution in [0.25, 0.3) is 0 Å². The Bertz CT molecular complexity index is 744. The fourth-order valence-corrected chi connectivity index (χ4v) is 4.22. The quantitative estimate of drug-likeness (QED) is 0.765. The highest BCUT2D eigenvalue weighted by atomic mass is 16.6. The summed E-state index contributed by atoms with van der Waals surface area (Å²) in [5.41, 5.74) is 1.48. The van der Waals surface area contributed by atoms with Gasteiger partial charge in [0.1, 0.15) is 6.10 Å². The van der Waals surface area contributed by atoms with E-state index in [9.17, 15) is 15.0 Å². The van der Waals surface area contributed by atoms with Crippen LogP contribution in [0.5, 0.6) is 11.5 Å². The van der Waals surface area contributed by atoms with Crippen LogP contribution in [0.3, 0.4) is 0 Å². The number of benzene rings is 1. The molecule has 134 valence electrons. The lowest BCUT2D eigenvalue weighted by Gasteiger charge is -2.35. The van der Waals surface area contributed by atoms with Gasteiger partial charge in [-0.05, 0) is 31.9 Å². The van der Waals surface area contributed by atoms with E-state index >= 15 is 0 Å². The molecule has 2 unspecified atom stereocenters. The zero-order valence-corrected chi connectivity index (χ0v) is 14.4. The fraction of sp³-hybridized carbons (Fsp3) is 0.526. The maximum atomic E-state index is 12.4. The normalized spacial score (nSPS) is 29.7. The summed E-state index contributed by atoms with van der Waals surface area (Å²) in [4.78, 5) is 14.1. The Hall–Kier alpha value is -2.21. The third-order valence-corrected chi connectivity index (χ3v) is 5.35. The van der Waals surface area contributed by atoms with Gasteiger partial charge in [0.05, 0.1) is 17.6 Å². The van der Waals surface area contributed by atoms with E-state index in [1.807, 2.05) is 26.0 Å². The van der Waals surface area contributed by atoms with Crippen LogP contribution in [-0.4, -0.2) is 46.1 Å². The molecule has 2 N–H and O–H groups in total. The van der Waals surface area contributed by atoms with Crippen molar-refractivity contribution in [3.05, 3.63) is 35.4 Å².